The number of carbonyl (C=O) groups is 2. The molecule has 0 aromatic heterocycles. The second kappa shape index (κ2) is 10.3. The molecule has 2 aromatic carbocycles. The Morgan fingerprint density at radius 1 is 1.22 bits per heavy atom. The van der Waals surface area contributed by atoms with Gasteiger partial charge in [-0.3, -0.25) is 19.7 Å². The molecule has 0 aliphatic heterocycles. The highest BCUT2D eigenvalue weighted by Gasteiger charge is 2.23. The molecule has 2 N–H and O–H groups in total. The number of nitro groups is 1. The van der Waals surface area contributed by atoms with Crippen LogP contribution in [0.15, 0.2) is 47.4 Å². The molecule has 32 heavy (non-hydrogen) atoms. The van der Waals surface area contributed by atoms with Crippen molar-refractivity contribution < 1.29 is 27.7 Å². The maximum atomic E-state index is 12.4. The van der Waals surface area contributed by atoms with Crippen molar-refractivity contribution in [3.63, 3.8) is 0 Å². The van der Waals surface area contributed by atoms with E-state index < -0.39 is 50.6 Å². The summed E-state index contributed by atoms with van der Waals surface area (Å²) < 4.78 is 31.4. The van der Waals surface area contributed by atoms with Gasteiger partial charge in [-0.1, -0.05) is 12.1 Å². The van der Waals surface area contributed by atoms with Crippen LogP contribution in [0, 0.1) is 21.4 Å². The Morgan fingerprint density at radius 2 is 1.91 bits per heavy atom. The fourth-order valence-corrected chi connectivity index (χ4v) is 3.49. The number of hydrogen-bond acceptors (Lipinski definition) is 9. The summed E-state index contributed by atoms with van der Waals surface area (Å²) in [6.45, 7) is -1.50. The normalized spacial score (nSPS) is 10.7. The predicted molar refractivity (Wildman–Crippen MR) is 113 cm³/mol. The summed E-state index contributed by atoms with van der Waals surface area (Å²) in [5.41, 5.74) is 0.237. The predicted octanol–water partition coefficient (Wildman–Crippen LogP) is 0.993. The number of benzene rings is 2. The van der Waals surface area contributed by atoms with Crippen molar-refractivity contribution in [3.05, 3.63) is 58.1 Å². The molecule has 2 rings (SSSR count). The molecule has 12 nitrogen and oxygen atoms in total. The van der Waals surface area contributed by atoms with Crippen molar-refractivity contribution >= 4 is 39.0 Å². The van der Waals surface area contributed by atoms with Crippen LogP contribution >= 0.6 is 0 Å². The number of rotatable bonds is 9. The number of esters is 1. The standard InChI is InChI=1S/C19H19N5O7S/c1-23(2)16-8-7-14(9-17(16)24(27)28)32(29,30)21-11-19(26)31-12-18(25)22-15-6-4-3-5-13(15)10-20/h3-9,21H,11-12H2,1-2H3,(H,22,25). The van der Waals surface area contributed by atoms with E-state index in [-0.39, 0.29) is 16.9 Å². The van der Waals surface area contributed by atoms with E-state index in [4.69, 9.17) is 10.00 Å². The fraction of sp³-hybridized carbons (Fsp3) is 0.211. The van der Waals surface area contributed by atoms with E-state index >= 15 is 0 Å². The van der Waals surface area contributed by atoms with E-state index in [1.165, 1.54) is 23.1 Å². The first-order valence-corrected chi connectivity index (χ1v) is 10.4. The molecule has 0 aliphatic rings. The van der Waals surface area contributed by atoms with Gasteiger partial charge in [-0.2, -0.15) is 9.98 Å². The van der Waals surface area contributed by atoms with Gasteiger partial charge in [-0.15, -0.1) is 0 Å². The molecule has 0 aliphatic carbocycles. The number of hydrogen-bond donors (Lipinski definition) is 2. The lowest BCUT2D eigenvalue weighted by molar-refractivity contribution is -0.384. The Hall–Kier alpha value is -4.02. The zero-order valence-corrected chi connectivity index (χ0v) is 17.9. The van der Waals surface area contributed by atoms with Gasteiger partial charge in [0.05, 0.1) is 21.1 Å². The summed E-state index contributed by atoms with van der Waals surface area (Å²) in [7, 11) is -1.12. The van der Waals surface area contributed by atoms with Crippen molar-refractivity contribution in [3.8, 4) is 6.07 Å². The maximum absolute atomic E-state index is 12.4. The zero-order valence-electron chi connectivity index (χ0n) is 17.1. The number of nitrogens with one attached hydrogen (secondary N) is 2. The van der Waals surface area contributed by atoms with E-state index in [1.807, 2.05) is 10.8 Å². The number of para-hydroxylation sites is 1. The average molecular weight is 461 g/mol. The van der Waals surface area contributed by atoms with Crippen molar-refractivity contribution in [2.45, 2.75) is 4.90 Å². The number of anilines is 2. The molecule has 168 valence electrons. The Morgan fingerprint density at radius 3 is 2.53 bits per heavy atom. The van der Waals surface area contributed by atoms with Gasteiger partial charge >= 0.3 is 5.97 Å². The van der Waals surface area contributed by atoms with Crippen LogP contribution in [-0.4, -0.2) is 52.5 Å². The van der Waals surface area contributed by atoms with Crippen molar-refractivity contribution in [2.75, 3.05) is 37.5 Å². The first kappa shape index (κ1) is 24.3. The molecule has 0 saturated heterocycles. The summed E-state index contributed by atoms with van der Waals surface area (Å²) in [4.78, 5) is 35.3. The average Bonchev–Trinajstić information content (AvgIpc) is 2.76. The smallest absolute Gasteiger partial charge is 0.321 e. The van der Waals surface area contributed by atoms with Crippen LogP contribution in [0.25, 0.3) is 0 Å². The Balaban J connectivity index is 1.96. The maximum Gasteiger partial charge on any atom is 0.321 e. The van der Waals surface area contributed by atoms with Gasteiger partial charge in [0, 0.05) is 20.2 Å². The van der Waals surface area contributed by atoms with Crippen molar-refractivity contribution in [2.24, 2.45) is 0 Å². The molecular weight excluding hydrogens is 442 g/mol. The molecular formula is C19H19N5O7S. The highest BCUT2D eigenvalue weighted by Crippen LogP contribution is 2.29. The first-order valence-electron chi connectivity index (χ1n) is 8.95. The third-order valence-electron chi connectivity index (χ3n) is 4.03. The van der Waals surface area contributed by atoms with E-state index in [9.17, 15) is 28.1 Å². The molecule has 0 saturated carbocycles. The van der Waals surface area contributed by atoms with Gasteiger partial charge in [0.1, 0.15) is 18.3 Å². The summed E-state index contributed by atoms with van der Waals surface area (Å²) in [5, 5.41) is 22.6. The minimum atomic E-state index is -4.26. The lowest BCUT2D eigenvalue weighted by atomic mass is 10.2. The van der Waals surface area contributed by atoms with Crippen LogP contribution in [0.3, 0.4) is 0 Å². The van der Waals surface area contributed by atoms with Gasteiger partial charge in [-0.05, 0) is 24.3 Å². The van der Waals surface area contributed by atoms with E-state index in [1.54, 1.807) is 26.2 Å². The molecule has 0 radical (unpaired) electrons. The van der Waals surface area contributed by atoms with Crippen LogP contribution in [-0.2, 0) is 24.3 Å². The van der Waals surface area contributed by atoms with Gasteiger partial charge < -0.3 is 15.0 Å². The Labute approximate surface area is 183 Å². The molecule has 0 bridgehead atoms. The summed E-state index contributed by atoms with van der Waals surface area (Å²) in [6.07, 6.45) is 0. The fourth-order valence-electron chi connectivity index (χ4n) is 2.51. The largest absolute Gasteiger partial charge is 0.455 e. The molecule has 13 heteroatoms. The highest BCUT2D eigenvalue weighted by molar-refractivity contribution is 7.89. The van der Waals surface area contributed by atoms with Crippen LogP contribution in [0.5, 0.6) is 0 Å². The van der Waals surface area contributed by atoms with Gasteiger partial charge in [-0.25, -0.2) is 8.42 Å². The summed E-state index contributed by atoms with van der Waals surface area (Å²) >= 11 is 0. The number of nitriles is 1. The van der Waals surface area contributed by atoms with Crippen molar-refractivity contribution in [1.29, 1.82) is 5.26 Å². The van der Waals surface area contributed by atoms with Gasteiger partial charge in [0.25, 0.3) is 11.6 Å². The lowest BCUT2D eigenvalue weighted by Crippen LogP contribution is -2.32. The summed E-state index contributed by atoms with van der Waals surface area (Å²) in [5.74, 6) is -1.77. The number of ether oxygens (including phenoxy) is 1. The third kappa shape index (κ3) is 6.24. The van der Waals surface area contributed by atoms with Crippen LogP contribution < -0.4 is 14.9 Å². The van der Waals surface area contributed by atoms with E-state index in [2.05, 4.69) is 5.32 Å². The molecule has 0 fully saturated rings. The van der Waals surface area contributed by atoms with E-state index in [0.29, 0.717) is 0 Å². The van der Waals surface area contributed by atoms with Crippen LogP contribution in [0.2, 0.25) is 0 Å². The van der Waals surface area contributed by atoms with Gasteiger partial charge in [0.15, 0.2) is 6.61 Å². The first-order chi connectivity index (χ1) is 15.0. The SMILES string of the molecule is CN(C)c1ccc(S(=O)(=O)NCC(=O)OCC(=O)Nc2ccccc2C#N)cc1[N+](=O)[O-]. The minimum absolute atomic E-state index is 0.206. The minimum Gasteiger partial charge on any atom is -0.455 e. The molecule has 0 spiro atoms. The molecule has 0 atom stereocenters. The number of nitrogens with zero attached hydrogens (tertiary/aromatic N) is 3. The monoisotopic (exact) mass is 461 g/mol. The topological polar surface area (TPSA) is 172 Å². The molecule has 0 heterocycles. The lowest BCUT2D eigenvalue weighted by Gasteiger charge is -2.14. The molecule has 2 aromatic rings. The second-order valence-electron chi connectivity index (χ2n) is 6.49. The van der Waals surface area contributed by atoms with Crippen molar-refractivity contribution in [1.82, 2.24) is 4.72 Å². The number of amides is 1. The van der Waals surface area contributed by atoms with Crippen LogP contribution in [0.4, 0.5) is 17.1 Å². The quantitative estimate of drug-likeness (QED) is 0.314. The second-order valence-corrected chi connectivity index (χ2v) is 8.26. The molecule has 0 unspecified atom stereocenters. The zero-order chi connectivity index (χ0) is 23.9. The van der Waals surface area contributed by atoms with Gasteiger partial charge in [0.2, 0.25) is 10.0 Å². The number of nitro benzene ring substituents is 1. The Kier molecular flexibility index (Phi) is 7.83. The van der Waals surface area contributed by atoms with E-state index in [0.717, 1.165) is 12.1 Å². The Bertz CT molecular complexity index is 1190. The summed E-state index contributed by atoms with van der Waals surface area (Å²) in [6, 6.07) is 11.4. The third-order valence-corrected chi connectivity index (χ3v) is 5.43. The molecule has 1 amide bonds. The number of sulfonamides is 1. The van der Waals surface area contributed by atoms with Crippen LogP contribution in [0.1, 0.15) is 5.56 Å². The highest BCUT2D eigenvalue weighted by atomic mass is 32.2. The number of carbonyl (C=O) groups excluding carboxylic acids is 2.